The number of amides is 2. The maximum Gasteiger partial charge on any atom is 0.413 e. The maximum absolute atomic E-state index is 13.4. The van der Waals surface area contributed by atoms with Crippen LogP contribution in [0.3, 0.4) is 0 Å². The van der Waals surface area contributed by atoms with Crippen LogP contribution in [0, 0.1) is 6.92 Å². The normalized spacial score (nSPS) is 11.7. The number of carbonyl (C=O) groups excluding carboxylic acids is 2. The van der Waals surface area contributed by atoms with Gasteiger partial charge in [-0.2, -0.15) is 0 Å². The average Bonchev–Trinajstić information content (AvgIpc) is 3.47. The molecule has 0 unspecified atom stereocenters. The standard InChI is InChI=1S/C28H24N4O3S/c1-18-25(19-10-4-2-5-11-19)31-27(36-18)32-26(33)24(30-28(34)35-21-12-6-3-7-13-21)16-20-17-29-23-15-9-8-14-22(20)23/h2-15,17,24,29H,16H2,1H3,(H,30,34)(H,31,32,33)/t24-/m0/s1. The summed E-state index contributed by atoms with van der Waals surface area (Å²) in [6.07, 6.45) is 1.42. The van der Waals surface area contributed by atoms with Crippen molar-refractivity contribution in [3.63, 3.8) is 0 Å². The number of hydrogen-bond acceptors (Lipinski definition) is 5. The van der Waals surface area contributed by atoms with Crippen LogP contribution in [0.2, 0.25) is 0 Å². The fraction of sp³-hybridized carbons (Fsp3) is 0.107. The number of nitrogens with one attached hydrogen (secondary N) is 3. The zero-order valence-electron chi connectivity index (χ0n) is 19.5. The van der Waals surface area contributed by atoms with Crippen LogP contribution in [0.1, 0.15) is 10.4 Å². The summed E-state index contributed by atoms with van der Waals surface area (Å²) in [6.45, 7) is 1.97. The Hall–Kier alpha value is -4.43. The van der Waals surface area contributed by atoms with E-state index in [1.807, 2.05) is 73.8 Å². The summed E-state index contributed by atoms with van der Waals surface area (Å²) in [5, 5.41) is 7.08. The summed E-state index contributed by atoms with van der Waals surface area (Å²) in [5.74, 6) is 0.0166. The molecule has 5 rings (SSSR count). The van der Waals surface area contributed by atoms with Crippen molar-refractivity contribution in [3.05, 3.63) is 102 Å². The molecule has 0 aliphatic rings. The summed E-state index contributed by atoms with van der Waals surface area (Å²) in [6, 6.07) is 25.5. The van der Waals surface area contributed by atoms with Crippen molar-refractivity contribution < 1.29 is 14.3 Å². The SMILES string of the molecule is Cc1sc(NC(=O)[C@H](Cc2c[nH]c3ccccc23)NC(=O)Oc2ccccc2)nc1-c1ccccc1. The summed E-state index contributed by atoms with van der Waals surface area (Å²) in [5.41, 5.74) is 3.67. The van der Waals surface area contributed by atoms with Gasteiger partial charge in [0.1, 0.15) is 11.8 Å². The van der Waals surface area contributed by atoms with E-state index in [1.165, 1.54) is 11.3 Å². The minimum Gasteiger partial charge on any atom is -0.410 e. The third kappa shape index (κ3) is 5.29. The van der Waals surface area contributed by atoms with E-state index in [0.717, 1.165) is 32.6 Å². The molecular formula is C28H24N4O3S. The highest BCUT2D eigenvalue weighted by atomic mass is 32.1. The minimum absolute atomic E-state index is 0.273. The van der Waals surface area contributed by atoms with E-state index in [0.29, 0.717) is 10.9 Å². The molecule has 0 radical (unpaired) electrons. The lowest BCUT2D eigenvalue weighted by atomic mass is 10.0. The second-order valence-corrected chi connectivity index (χ2v) is 9.45. The molecule has 0 spiro atoms. The number of ether oxygens (including phenoxy) is 1. The predicted molar refractivity (Wildman–Crippen MR) is 142 cm³/mol. The van der Waals surface area contributed by atoms with Crippen molar-refractivity contribution in [2.45, 2.75) is 19.4 Å². The number of nitrogens with zero attached hydrogens (tertiary/aromatic N) is 1. The van der Waals surface area contributed by atoms with Crippen LogP contribution in [-0.4, -0.2) is 28.0 Å². The molecule has 2 amide bonds. The van der Waals surface area contributed by atoms with E-state index in [2.05, 4.69) is 20.6 Å². The van der Waals surface area contributed by atoms with Gasteiger partial charge in [0.25, 0.3) is 0 Å². The van der Waals surface area contributed by atoms with Crippen molar-refractivity contribution in [1.29, 1.82) is 0 Å². The monoisotopic (exact) mass is 496 g/mol. The molecule has 8 heteroatoms. The van der Waals surface area contributed by atoms with Crippen molar-refractivity contribution in [2.24, 2.45) is 0 Å². The Morgan fingerprint density at radius 1 is 0.972 bits per heavy atom. The third-order valence-corrected chi connectivity index (χ3v) is 6.62. The van der Waals surface area contributed by atoms with Gasteiger partial charge in [0.2, 0.25) is 5.91 Å². The number of carbonyl (C=O) groups is 2. The maximum atomic E-state index is 13.4. The van der Waals surface area contributed by atoms with Crippen molar-refractivity contribution >= 4 is 39.4 Å². The van der Waals surface area contributed by atoms with Gasteiger partial charge in [-0.25, -0.2) is 9.78 Å². The molecule has 2 aromatic heterocycles. The molecule has 0 saturated carbocycles. The molecule has 1 atom stereocenters. The number of rotatable bonds is 7. The molecule has 0 saturated heterocycles. The Balaban J connectivity index is 1.37. The molecule has 0 bridgehead atoms. The van der Waals surface area contributed by atoms with Gasteiger partial charge in [-0.05, 0) is 30.7 Å². The largest absolute Gasteiger partial charge is 0.413 e. The highest BCUT2D eigenvalue weighted by Gasteiger charge is 2.25. The van der Waals surface area contributed by atoms with E-state index in [-0.39, 0.29) is 12.3 Å². The van der Waals surface area contributed by atoms with E-state index in [9.17, 15) is 9.59 Å². The molecular weight excluding hydrogens is 472 g/mol. The van der Waals surface area contributed by atoms with E-state index < -0.39 is 12.1 Å². The fourth-order valence-electron chi connectivity index (χ4n) is 4.00. The molecule has 3 N–H and O–H groups in total. The van der Waals surface area contributed by atoms with Crippen molar-refractivity contribution in [1.82, 2.24) is 15.3 Å². The Kier molecular flexibility index (Phi) is 6.77. The van der Waals surface area contributed by atoms with Gasteiger partial charge in [0, 0.05) is 34.0 Å². The number of hydrogen-bond donors (Lipinski definition) is 3. The van der Waals surface area contributed by atoms with Crippen LogP contribution >= 0.6 is 11.3 Å². The van der Waals surface area contributed by atoms with Gasteiger partial charge in [0.15, 0.2) is 5.13 Å². The van der Waals surface area contributed by atoms with Crippen LogP contribution in [0.25, 0.3) is 22.2 Å². The van der Waals surface area contributed by atoms with Gasteiger partial charge in [-0.1, -0.05) is 66.7 Å². The lowest BCUT2D eigenvalue weighted by Crippen LogP contribution is -2.46. The second-order valence-electron chi connectivity index (χ2n) is 8.24. The van der Waals surface area contributed by atoms with Crippen molar-refractivity contribution in [3.8, 4) is 17.0 Å². The first-order valence-corrected chi connectivity index (χ1v) is 12.3. The zero-order valence-corrected chi connectivity index (χ0v) is 20.3. The smallest absolute Gasteiger partial charge is 0.410 e. The van der Waals surface area contributed by atoms with E-state index >= 15 is 0 Å². The van der Waals surface area contributed by atoms with Gasteiger partial charge in [-0.15, -0.1) is 11.3 Å². The lowest BCUT2D eigenvalue weighted by Gasteiger charge is -2.17. The summed E-state index contributed by atoms with van der Waals surface area (Å²) in [4.78, 5) is 34.9. The number of benzene rings is 3. The summed E-state index contributed by atoms with van der Waals surface area (Å²) in [7, 11) is 0. The molecule has 5 aromatic rings. The number of aromatic amines is 1. The Labute approximate surface area is 212 Å². The number of thiazole rings is 1. The zero-order chi connectivity index (χ0) is 24.9. The predicted octanol–water partition coefficient (Wildman–Crippen LogP) is 5.94. The number of fused-ring (bicyclic) bond motifs is 1. The van der Waals surface area contributed by atoms with Gasteiger partial charge in [0.05, 0.1) is 5.69 Å². The van der Waals surface area contributed by atoms with Crippen molar-refractivity contribution in [2.75, 3.05) is 5.32 Å². The summed E-state index contributed by atoms with van der Waals surface area (Å²) >= 11 is 1.39. The van der Waals surface area contributed by atoms with E-state index in [1.54, 1.807) is 24.3 Å². The van der Waals surface area contributed by atoms with E-state index in [4.69, 9.17) is 4.74 Å². The van der Waals surface area contributed by atoms with Crippen LogP contribution in [0.4, 0.5) is 9.93 Å². The first kappa shape index (κ1) is 23.3. The Bertz CT molecular complexity index is 1500. The molecule has 0 aliphatic carbocycles. The molecule has 7 nitrogen and oxygen atoms in total. The molecule has 180 valence electrons. The fourth-order valence-corrected chi connectivity index (χ4v) is 4.84. The first-order valence-electron chi connectivity index (χ1n) is 11.5. The van der Waals surface area contributed by atoms with Gasteiger partial charge >= 0.3 is 6.09 Å². The lowest BCUT2D eigenvalue weighted by molar-refractivity contribution is -0.118. The Morgan fingerprint density at radius 3 is 2.44 bits per heavy atom. The minimum atomic E-state index is -0.884. The number of H-pyrrole nitrogens is 1. The Morgan fingerprint density at radius 2 is 1.67 bits per heavy atom. The van der Waals surface area contributed by atoms with Crippen LogP contribution in [-0.2, 0) is 11.2 Å². The number of para-hydroxylation sites is 2. The third-order valence-electron chi connectivity index (χ3n) is 5.74. The van der Waals surface area contributed by atoms with Crippen LogP contribution in [0.15, 0.2) is 91.1 Å². The summed E-state index contributed by atoms with van der Waals surface area (Å²) < 4.78 is 5.38. The second kappa shape index (κ2) is 10.5. The van der Waals surface area contributed by atoms with Crippen LogP contribution < -0.4 is 15.4 Å². The molecule has 36 heavy (non-hydrogen) atoms. The highest BCUT2D eigenvalue weighted by molar-refractivity contribution is 7.16. The quantitative estimate of drug-likeness (QED) is 0.260. The van der Waals surface area contributed by atoms with Gasteiger partial charge < -0.3 is 20.4 Å². The topological polar surface area (TPSA) is 96.1 Å². The highest BCUT2D eigenvalue weighted by Crippen LogP contribution is 2.30. The number of aryl methyl sites for hydroxylation is 1. The number of anilines is 1. The molecule has 2 heterocycles. The molecule has 0 fully saturated rings. The average molecular weight is 497 g/mol. The first-order chi connectivity index (χ1) is 17.6. The van der Waals surface area contributed by atoms with Crippen LogP contribution in [0.5, 0.6) is 5.75 Å². The molecule has 0 aliphatic heterocycles. The van der Waals surface area contributed by atoms with Gasteiger partial charge in [-0.3, -0.25) is 4.79 Å². The number of aromatic nitrogens is 2. The molecule has 3 aromatic carbocycles.